The molecule has 3 atom stereocenters. The van der Waals surface area contributed by atoms with Crippen LogP contribution in [-0.2, 0) is 6.18 Å². The van der Waals surface area contributed by atoms with E-state index in [9.17, 15) is 18.0 Å². The fraction of sp³-hybridized carbons (Fsp3) is 0.588. The average molecular weight is 342 g/mol. The number of nitrogens with zero attached hydrogens (tertiary/aromatic N) is 1. The molecule has 3 unspecified atom stereocenters. The molecule has 1 aromatic rings. The van der Waals surface area contributed by atoms with Gasteiger partial charge in [0, 0.05) is 38.4 Å². The zero-order valence-corrected chi connectivity index (χ0v) is 13.7. The summed E-state index contributed by atoms with van der Waals surface area (Å²) in [6, 6.07) is 4.59. The Kier molecular flexibility index (Phi) is 4.34. The van der Waals surface area contributed by atoms with Crippen molar-refractivity contribution in [3.63, 3.8) is 0 Å². The topological polar surface area (TPSA) is 55.1 Å². The molecule has 24 heavy (non-hydrogen) atoms. The summed E-state index contributed by atoms with van der Waals surface area (Å²) >= 11 is 0. The lowest BCUT2D eigenvalue weighted by molar-refractivity contribution is -0.138. The fourth-order valence-electron chi connectivity index (χ4n) is 4.51. The van der Waals surface area contributed by atoms with Gasteiger partial charge in [0.2, 0.25) is 5.91 Å². The SMILES string of the molecule is CC1CCC[N+]1(c1ccc(C(N)=O)c(C(F)(F)F)c1)C1CCNC1. The van der Waals surface area contributed by atoms with Crippen LogP contribution in [0.5, 0.6) is 0 Å². The van der Waals surface area contributed by atoms with E-state index in [2.05, 4.69) is 12.2 Å². The van der Waals surface area contributed by atoms with E-state index < -0.39 is 23.2 Å². The van der Waals surface area contributed by atoms with E-state index in [1.807, 2.05) is 0 Å². The summed E-state index contributed by atoms with van der Waals surface area (Å²) in [6.07, 6.45) is -1.66. The molecule has 0 radical (unpaired) electrons. The highest BCUT2D eigenvalue weighted by atomic mass is 19.4. The summed E-state index contributed by atoms with van der Waals surface area (Å²) in [7, 11) is 0. The Labute approximate surface area is 139 Å². The maximum absolute atomic E-state index is 13.4. The van der Waals surface area contributed by atoms with Gasteiger partial charge >= 0.3 is 6.18 Å². The van der Waals surface area contributed by atoms with E-state index in [0.717, 1.165) is 45.0 Å². The van der Waals surface area contributed by atoms with Crippen LogP contribution < -0.4 is 15.5 Å². The van der Waals surface area contributed by atoms with Crippen LogP contribution >= 0.6 is 0 Å². The second-order valence-electron chi connectivity index (χ2n) is 6.88. The lowest BCUT2D eigenvalue weighted by Crippen LogP contribution is -2.59. The zero-order valence-electron chi connectivity index (χ0n) is 13.7. The molecule has 0 saturated carbocycles. The minimum atomic E-state index is -4.60. The molecule has 7 heteroatoms. The summed E-state index contributed by atoms with van der Waals surface area (Å²) in [6.45, 7) is 4.65. The number of hydrogen-bond donors (Lipinski definition) is 2. The van der Waals surface area contributed by atoms with E-state index in [1.165, 1.54) is 6.07 Å². The lowest BCUT2D eigenvalue weighted by Gasteiger charge is -2.43. The van der Waals surface area contributed by atoms with Gasteiger partial charge in [0.25, 0.3) is 0 Å². The second-order valence-corrected chi connectivity index (χ2v) is 6.88. The molecule has 1 amide bonds. The molecule has 0 spiro atoms. The van der Waals surface area contributed by atoms with Gasteiger partial charge in [-0.2, -0.15) is 13.2 Å². The molecule has 0 aromatic heterocycles. The summed E-state index contributed by atoms with van der Waals surface area (Å²) in [5, 5.41) is 3.33. The molecule has 132 valence electrons. The number of alkyl halides is 3. The van der Waals surface area contributed by atoms with E-state index in [1.54, 1.807) is 6.07 Å². The van der Waals surface area contributed by atoms with Gasteiger partial charge in [-0.05, 0) is 19.1 Å². The molecule has 0 aliphatic carbocycles. The van der Waals surface area contributed by atoms with Gasteiger partial charge in [-0.25, -0.2) is 0 Å². The third-order valence-electron chi connectivity index (χ3n) is 5.68. The maximum atomic E-state index is 13.4. The highest BCUT2D eigenvalue weighted by Crippen LogP contribution is 2.42. The van der Waals surface area contributed by atoms with Crippen molar-refractivity contribution < 1.29 is 18.0 Å². The predicted molar refractivity (Wildman–Crippen MR) is 86.6 cm³/mol. The largest absolute Gasteiger partial charge is 0.417 e. The van der Waals surface area contributed by atoms with Crippen LogP contribution in [0.25, 0.3) is 0 Å². The number of carbonyl (C=O) groups excluding carboxylic acids is 1. The summed E-state index contributed by atoms with van der Waals surface area (Å²) in [5.41, 5.74) is 4.41. The molecule has 2 heterocycles. The van der Waals surface area contributed by atoms with Crippen molar-refractivity contribution in [3.05, 3.63) is 29.3 Å². The van der Waals surface area contributed by atoms with Gasteiger partial charge in [0.15, 0.2) is 0 Å². The number of amides is 1. The number of halogens is 3. The Bertz CT molecular complexity index is 640. The Hall–Kier alpha value is -1.60. The Balaban J connectivity index is 2.14. The first kappa shape index (κ1) is 17.2. The molecular weight excluding hydrogens is 319 g/mol. The van der Waals surface area contributed by atoms with E-state index in [-0.39, 0.29) is 12.1 Å². The second kappa shape index (κ2) is 6.04. The van der Waals surface area contributed by atoms with Crippen molar-refractivity contribution in [3.8, 4) is 0 Å². The normalized spacial score (nSPS) is 30.7. The van der Waals surface area contributed by atoms with Crippen LogP contribution in [0, 0.1) is 0 Å². The highest BCUT2D eigenvalue weighted by molar-refractivity contribution is 5.95. The maximum Gasteiger partial charge on any atom is 0.417 e. The third-order valence-corrected chi connectivity index (χ3v) is 5.68. The van der Waals surface area contributed by atoms with E-state index in [0.29, 0.717) is 10.2 Å². The molecule has 2 saturated heterocycles. The molecule has 0 bridgehead atoms. The number of benzene rings is 1. The molecule has 3 rings (SSSR count). The van der Waals surface area contributed by atoms with Crippen molar-refractivity contribution in [2.45, 2.75) is 44.4 Å². The average Bonchev–Trinajstić information content (AvgIpc) is 3.15. The van der Waals surface area contributed by atoms with E-state index in [4.69, 9.17) is 5.73 Å². The van der Waals surface area contributed by atoms with Crippen molar-refractivity contribution in [2.24, 2.45) is 5.73 Å². The van der Waals surface area contributed by atoms with Crippen LogP contribution in [-0.4, -0.2) is 37.6 Å². The van der Waals surface area contributed by atoms with Crippen LogP contribution in [0.1, 0.15) is 42.1 Å². The Morgan fingerprint density at radius 2 is 2.08 bits per heavy atom. The van der Waals surface area contributed by atoms with Crippen molar-refractivity contribution >= 4 is 11.6 Å². The Morgan fingerprint density at radius 1 is 1.33 bits per heavy atom. The van der Waals surface area contributed by atoms with Gasteiger partial charge in [-0.3, -0.25) is 9.28 Å². The predicted octanol–water partition coefficient (Wildman–Crippen LogP) is 2.66. The third kappa shape index (κ3) is 2.69. The van der Waals surface area contributed by atoms with Gasteiger partial charge in [0.05, 0.1) is 23.7 Å². The Morgan fingerprint density at radius 3 is 2.58 bits per heavy atom. The number of likely N-dealkylation sites (tertiary alicyclic amines) is 1. The van der Waals surface area contributed by atoms with Crippen LogP contribution in [0.4, 0.5) is 18.9 Å². The standard InChI is InChI=1S/C17H22F3N3O/c1-11-3-2-8-23(11,13-6-7-22-10-13)12-4-5-14(16(21)24)15(9-12)17(18,19)20/h4-5,9,11,13,22H,2-3,6-8,10H2,1H3,(H-,21,24)/p+1. The first-order valence-corrected chi connectivity index (χ1v) is 8.36. The molecule has 1 aromatic carbocycles. The van der Waals surface area contributed by atoms with Crippen molar-refractivity contribution in [1.29, 1.82) is 0 Å². The number of nitrogens with one attached hydrogen (secondary N) is 1. The molecule has 2 aliphatic rings. The lowest BCUT2D eigenvalue weighted by atomic mass is 10.0. The highest BCUT2D eigenvalue weighted by Gasteiger charge is 2.49. The number of rotatable bonds is 3. The summed E-state index contributed by atoms with van der Waals surface area (Å²) in [4.78, 5) is 11.4. The molecule has 4 nitrogen and oxygen atoms in total. The smallest absolute Gasteiger partial charge is 0.366 e. The monoisotopic (exact) mass is 342 g/mol. The van der Waals surface area contributed by atoms with Crippen molar-refractivity contribution in [1.82, 2.24) is 9.80 Å². The fourth-order valence-corrected chi connectivity index (χ4v) is 4.51. The number of carbonyl (C=O) groups is 1. The van der Waals surface area contributed by atoms with Crippen molar-refractivity contribution in [2.75, 3.05) is 19.6 Å². The van der Waals surface area contributed by atoms with E-state index >= 15 is 0 Å². The molecule has 2 aliphatic heterocycles. The first-order valence-electron chi connectivity index (χ1n) is 8.36. The van der Waals surface area contributed by atoms with Crippen LogP contribution in [0.15, 0.2) is 18.2 Å². The molecular formula is C17H23F3N3O+. The zero-order chi connectivity index (χ0) is 17.5. The number of primary amides is 1. The minimum absolute atomic E-state index is 0.260. The molecule has 3 N–H and O–H groups in total. The van der Waals surface area contributed by atoms with Gasteiger partial charge in [0.1, 0.15) is 11.7 Å². The number of hydrogen-bond acceptors (Lipinski definition) is 2. The van der Waals surface area contributed by atoms with Gasteiger partial charge in [-0.1, -0.05) is 0 Å². The van der Waals surface area contributed by atoms with Crippen LogP contribution in [0.2, 0.25) is 0 Å². The summed E-state index contributed by atoms with van der Waals surface area (Å²) in [5.74, 6) is -1.04. The van der Waals surface area contributed by atoms with Gasteiger partial charge < -0.3 is 11.1 Å². The molecule has 2 fully saturated rings. The minimum Gasteiger partial charge on any atom is -0.366 e. The summed E-state index contributed by atoms with van der Waals surface area (Å²) < 4.78 is 40.9. The number of nitrogens with two attached hydrogens (primary N) is 1. The first-order chi connectivity index (χ1) is 11.3. The quantitative estimate of drug-likeness (QED) is 0.830. The number of quaternary nitrogens is 1. The van der Waals surface area contributed by atoms with Gasteiger partial charge in [-0.15, -0.1) is 0 Å². The van der Waals surface area contributed by atoms with Crippen LogP contribution in [0.3, 0.4) is 0 Å².